The summed E-state index contributed by atoms with van der Waals surface area (Å²) in [6, 6.07) is 0. The largest absolute Gasteiger partial charge is 0.378 e. The summed E-state index contributed by atoms with van der Waals surface area (Å²) >= 11 is 0. The Hall–Kier alpha value is -0.300. The van der Waals surface area contributed by atoms with Gasteiger partial charge >= 0.3 is 0 Å². The minimum absolute atomic E-state index is 0.0909. The topological polar surface area (TPSA) is 9.23 Å². The fourth-order valence-corrected chi connectivity index (χ4v) is 4.19. The third-order valence-electron chi connectivity index (χ3n) is 5.40. The van der Waals surface area contributed by atoms with E-state index in [1.165, 1.54) is 38.5 Å². The summed E-state index contributed by atoms with van der Waals surface area (Å²) < 4.78 is 5.91. The molecule has 0 saturated heterocycles. The Morgan fingerprint density at radius 3 is 2.65 bits per heavy atom. The molecule has 1 fully saturated rings. The molecule has 0 spiro atoms. The quantitative estimate of drug-likeness (QED) is 0.614. The molecule has 0 aromatic carbocycles. The molecule has 98 valence electrons. The number of fused-ring (bicyclic) bond motifs is 2. The van der Waals surface area contributed by atoms with E-state index in [4.69, 9.17) is 4.74 Å². The van der Waals surface area contributed by atoms with Crippen molar-refractivity contribution < 1.29 is 4.74 Å². The van der Waals surface area contributed by atoms with Gasteiger partial charge in [-0.25, -0.2) is 0 Å². The molecule has 17 heavy (non-hydrogen) atoms. The first-order valence-electron chi connectivity index (χ1n) is 7.33. The maximum absolute atomic E-state index is 5.91. The summed E-state index contributed by atoms with van der Waals surface area (Å²) in [4.78, 5) is 0. The average Bonchev–Trinajstić information content (AvgIpc) is 2.84. The van der Waals surface area contributed by atoms with E-state index < -0.39 is 0 Å². The predicted molar refractivity (Wildman–Crippen MR) is 73.0 cm³/mol. The molecule has 0 aliphatic heterocycles. The number of allylic oxidation sites excluding steroid dienone is 1. The van der Waals surface area contributed by atoms with Crippen molar-refractivity contribution in [1.29, 1.82) is 0 Å². The van der Waals surface area contributed by atoms with E-state index in [-0.39, 0.29) is 5.60 Å². The Kier molecular flexibility index (Phi) is 3.68. The standard InChI is InChI=1S/C16H28O/c1-5-7-13(6-2)11-16-9-8-14(12-16)10-15(16,3)17-4/h8-9,13-14H,5-7,10-12H2,1-4H3. The van der Waals surface area contributed by atoms with Crippen LogP contribution in [-0.4, -0.2) is 12.7 Å². The van der Waals surface area contributed by atoms with Gasteiger partial charge in [-0.05, 0) is 38.0 Å². The van der Waals surface area contributed by atoms with Gasteiger partial charge in [-0.2, -0.15) is 0 Å². The first-order valence-corrected chi connectivity index (χ1v) is 7.33. The minimum atomic E-state index is 0.0909. The van der Waals surface area contributed by atoms with Crippen LogP contribution in [0.5, 0.6) is 0 Å². The van der Waals surface area contributed by atoms with Crippen molar-refractivity contribution >= 4 is 0 Å². The molecule has 2 aliphatic rings. The van der Waals surface area contributed by atoms with E-state index in [1.807, 2.05) is 7.11 Å². The molecule has 2 bridgehead atoms. The molecule has 2 aliphatic carbocycles. The van der Waals surface area contributed by atoms with Gasteiger partial charge in [-0.3, -0.25) is 0 Å². The van der Waals surface area contributed by atoms with E-state index in [0.29, 0.717) is 5.41 Å². The number of ether oxygens (including phenoxy) is 1. The van der Waals surface area contributed by atoms with Crippen molar-refractivity contribution in [2.24, 2.45) is 17.3 Å². The summed E-state index contributed by atoms with van der Waals surface area (Å²) in [6.07, 6.45) is 12.8. The molecular weight excluding hydrogens is 208 g/mol. The smallest absolute Gasteiger partial charge is 0.0746 e. The molecular formula is C16H28O. The lowest BCUT2D eigenvalue weighted by Gasteiger charge is -2.43. The van der Waals surface area contributed by atoms with Crippen LogP contribution in [0.2, 0.25) is 0 Å². The summed E-state index contributed by atoms with van der Waals surface area (Å²) in [5.41, 5.74) is 0.426. The lowest BCUT2D eigenvalue weighted by Crippen LogP contribution is -2.43. The second-order valence-electron chi connectivity index (χ2n) is 6.39. The van der Waals surface area contributed by atoms with Crippen molar-refractivity contribution in [3.63, 3.8) is 0 Å². The second-order valence-corrected chi connectivity index (χ2v) is 6.39. The zero-order chi connectivity index (χ0) is 12.5. The monoisotopic (exact) mass is 236 g/mol. The SMILES string of the molecule is CCCC(CC)CC12C=CC(C1)CC2(C)OC. The molecule has 4 atom stereocenters. The summed E-state index contributed by atoms with van der Waals surface area (Å²) in [5, 5.41) is 0. The van der Waals surface area contributed by atoms with Gasteiger partial charge < -0.3 is 4.74 Å². The molecule has 0 heterocycles. The van der Waals surface area contributed by atoms with Crippen molar-refractivity contribution in [2.45, 2.75) is 64.9 Å². The van der Waals surface area contributed by atoms with Crippen molar-refractivity contribution in [3.8, 4) is 0 Å². The fraction of sp³-hybridized carbons (Fsp3) is 0.875. The highest BCUT2D eigenvalue weighted by Crippen LogP contribution is 2.60. The van der Waals surface area contributed by atoms with Crippen LogP contribution in [-0.2, 0) is 4.74 Å². The molecule has 0 aromatic heterocycles. The minimum Gasteiger partial charge on any atom is -0.378 e. The Morgan fingerprint density at radius 1 is 1.35 bits per heavy atom. The normalized spacial score (nSPS) is 41.1. The summed E-state index contributed by atoms with van der Waals surface area (Å²) in [5.74, 6) is 1.65. The number of methoxy groups -OCH3 is 1. The maximum Gasteiger partial charge on any atom is 0.0746 e. The van der Waals surface area contributed by atoms with Gasteiger partial charge in [0.25, 0.3) is 0 Å². The molecule has 0 N–H and O–H groups in total. The van der Waals surface area contributed by atoms with Crippen LogP contribution in [0, 0.1) is 17.3 Å². The van der Waals surface area contributed by atoms with Gasteiger partial charge in [0.05, 0.1) is 5.60 Å². The van der Waals surface area contributed by atoms with E-state index in [0.717, 1.165) is 11.8 Å². The van der Waals surface area contributed by atoms with E-state index in [9.17, 15) is 0 Å². The maximum atomic E-state index is 5.91. The molecule has 1 saturated carbocycles. The molecule has 2 rings (SSSR count). The zero-order valence-corrected chi connectivity index (χ0v) is 12.0. The van der Waals surface area contributed by atoms with Crippen molar-refractivity contribution in [1.82, 2.24) is 0 Å². The van der Waals surface area contributed by atoms with Crippen LogP contribution < -0.4 is 0 Å². The van der Waals surface area contributed by atoms with Gasteiger partial charge in [0.2, 0.25) is 0 Å². The van der Waals surface area contributed by atoms with Crippen LogP contribution in [0.3, 0.4) is 0 Å². The Balaban J connectivity index is 2.14. The third kappa shape index (κ3) is 2.07. The Bertz CT molecular complexity index is 296. The van der Waals surface area contributed by atoms with Crippen LogP contribution in [0.4, 0.5) is 0 Å². The highest BCUT2D eigenvalue weighted by Gasteiger charge is 2.57. The van der Waals surface area contributed by atoms with Crippen molar-refractivity contribution in [3.05, 3.63) is 12.2 Å². The van der Waals surface area contributed by atoms with Gasteiger partial charge in [0.15, 0.2) is 0 Å². The first kappa shape index (κ1) is 13.1. The van der Waals surface area contributed by atoms with Crippen LogP contribution in [0.15, 0.2) is 12.2 Å². The van der Waals surface area contributed by atoms with Crippen LogP contribution in [0.25, 0.3) is 0 Å². The number of rotatable bonds is 6. The molecule has 0 amide bonds. The zero-order valence-electron chi connectivity index (χ0n) is 12.0. The summed E-state index contributed by atoms with van der Waals surface area (Å²) in [6.45, 7) is 6.97. The third-order valence-corrected chi connectivity index (χ3v) is 5.40. The van der Waals surface area contributed by atoms with Crippen molar-refractivity contribution in [2.75, 3.05) is 7.11 Å². The molecule has 1 heteroatoms. The molecule has 0 radical (unpaired) electrons. The van der Waals surface area contributed by atoms with E-state index in [2.05, 4.69) is 32.9 Å². The lowest BCUT2D eigenvalue weighted by atomic mass is 9.68. The molecule has 1 nitrogen and oxygen atoms in total. The van der Waals surface area contributed by atoms with Gasteiger partial charge in [0.1, 0.15) is 0 Å². The predicted octanol–water partition coefficient (Wildman–Crippen LogP) is 4.57. The van der Waals surface area contributed by atoms with E-state index >= 15 is 0 Å². The fourth-order valence-electron chi connectivity index (χ4n) is 4.19. The van der Waals surface area contributed by atoms with Crippen LogP contribution in [0.1, 0.15) is 59.3 Å². The first-order chi connectivity index (χ1) is 8.09. The van der Waals surface area contributed by atoms with Gasteiger partial charge in [0, 0.05) is 12.5 Å². The number of hydrogen-bond donors (Lipinski definition) is 0. The average molecular weight is 236 g/mol. The van der Waals surface area contributed by atoms with Crippen LogP contribution >= 0.6 is 0 Å². The lowest BCUT2D eigenvalue weighted by molar-refractivity contribution is -0.0697. The Labute approximate surface area is 107 Å². The van der Waals surface area contributed by atoms with Gasteiger partial charge in [-0.1, -0.05) is 45.3 Å². The molecule has 4 unspecified atom stereocenters. The highest BCUT2D eigenvalue weighted by molar-refractivity contribution is 5.24. The summed E-state index contributed by atoms with van der Waals surface area (Å²) in [7, 11) is 1.90. The van der Waals surface area contributed by atoms with Gasteiger partial charge in [-0.15, -0.1) is 0 Å². The van der Waals surface area contributed by atoms with E-state index in [1.54, 1.807) is 0 Å². The Morgan fingerprint density at radius 2 is 2.12 bits per heavy atom. The number of hydrogen-bond acceptors (Lipinski definition) is 1. The second kappa shape index (κ2) is 4.76. The highest BCUT2D eigenvalue weighted by atomic mass is 16.5. The molecule has 0 aromatic rings.